The molecular weight excluding hydrogens is 228 g/mol. The molecule has 2 nitrogen and oxygen atoms in total. The summed E-state index contributed by atoms with van der Waals surface area (Å²) in [5.41, 5.74) is 0. The lowest BCUT2D eigenvalue weighted by molar-refractivity contribution is -0.701. The quantitative estimate of drug-likeness (QED) is 0.607. The van der Waals surface area contributed by atoms with Gasteiger partial charge in [-0.25, -0.2) is 9.13 Å². The van der Waals surface area contributed by atoms with Crippen molar-refractivity contribution < 1.29 is 21.5 Å². The Kier molecular flexibility index (Phi) is 5.30. The summed E-state index contributed by atoms with van der Waals surface area (Å²) in [5.74, 6) is 0.720. The second-order valence-corrected chi connectivity index (χ2v) is 4.05. The lowest BCUT2D eigenvalue weighted by atomic mass is 10.2. The van der Waals surface area contributed by atoms with Gasteiger partial charge in [-0.2, -0.15) is 0 Å². The highest BCUT2D eigenvalue weighted by Gasteiger charge is 2.07. The Morgan fingerprint density at radius 1 is 1.23 bits per heavy atom. The van der Waals surface area contributed by atoms with E-state index in [1.807, 2.05) is 0 Å². The molecule has 1 rings (SSSR count). The van der Waals surface area contributed by atoms with Crippen molar-refractivity contribution in [2.24, 2.45) is 5.92 Å². The normalized spacial score (nSPS) is 10.6. The first kappa shape index (κ1) is 12.7. The summed E-state index contributed by atoms with van der Waals surface area (Å²) in [5, 5.41) is 0. The van der Waals surface area contributed by atoms with Crippen molar-refractivity contribution in [2.45, 2.75) is 40.3 Å². The highest BCUT2D eigenvalue weighted by molar-refractivity contribution is 4.69. The summed E-state index contributed by atoms with van der Waals surface area (Å²) in [6.45, 7) is 9.97. The zero-order valence-electron chi connectivity index (χ0n) is 8.87. The summed E-state index contributed by atoms with van der Waals surface area (Å²) in [6, 6.07) is 0.568. The average Bonchev–Trinajstić information content (AvgIpc) is 2.34. The van der Waals surface area contributed by atoms with E-state index in [9.17, 15) is 0 Å². The van der Waals surface area contributed by atoms with Gasteiger partial charge in [0.1, 0.15) is 12.4 Å². The Labute approximate surface area is 91.3 Å². The second-order valence-electron chi connectivity index (χ2n) is 4.05. The lowest BCUT2D eigenvalue weighted by Gasteiger charge is -2.00. The third-order valence-corrected chi connectivity index (χ3v) is 1.88. The van der Waals surface area contributed by atoms with Gasteiger partial charge in [0, 0.05) is 0 Å². The number of hydrogen-bond donors (Lipinski definition) is 0. The number of hydrogen-bond acceptors (Lipinski definition) is 0. The van der Waals surface area contributed by atoms with Crippen LogP contribution in [-0.4, -0.2) is 4.57 Å². The molecule has 0 spiro atoms. The van der Waals surface area contributed by atoms with E-state index < -0.39 is 0 Å². The van der Waals surface area contributed by atoms with Crippen molar-refractivity contribution in [3.8, 4) is 0 Å². The molecule has 76 valence electrons. The van der Waals surface area contributed by atoms with Crippen LogP contribution >= 0.6 is 0 Å². The van der Waals surface area contributed by atoms with Crippen molar-refractivity contribution in [1.82, 2.24) is 4.57 Å². The van der Waals surface area contributed by atoms with Crippen LogP contribution < -0.4 is 21.5 Å². The van der Waals surface area contributed by atoms with E-state index in [1.165, 1.54) is 0 Å². The molecule has 3 heteroatoms. The molecule has 1 aromatic heterocycles. The molecule has 1 aromatic rings. The van der Waals surface area contributed by atoms with Crippen LogP contribution in [0.4, 0.5) is 0 Å². The first-order chi connectivity index (χ1) is 5.59. The van der Waals surface area contributed by atoms with Gasteiger partial charge in [-0.3, -0.25) is 0 Å². The molecule has 0 fully saturated rings. The topological polar surface area (TPSA) is 8.81 Å². The molecule has 0 aliphatic rings. The molecule has 0 aliphatic carbocycles. The highest BCUT2D eigenvalue weighted by atomic mass is 79.9. The van der Waals surface area contributed by atoms with Crippen LogP contribution in [0.5, 0.6) is 0 Å². The first-order valence-electron chi connectivity index (χ1n) is 4.66. The van der Waals surface area contributed by atoms with Gasteiger partial charge in [-0.15, -0.1) is 0 Å². The van der Waals surface area contributed by atoms with Gasteiger partial charge >= 0.3 is 0 Å². The lowest BCUT2D eigenvalue weighted by Crippen LogP contribution is -3.00. The standard InChI is InChI=1S/C10H19N2.BrH/c1-9(2)7-11-5-6-12(8-11)10(3)4;/h5-6,8-10H,7H2,1-4H3;1H/q+1;/p-1. The zero-order valence-corrected chi connectivity index (χ0v) is 10.5. The first-order valence-corrected chi connectivity index (χ1v) is 4.66. The van der Waals surface area contributed by atoms with Gasteiger partial charge in [0.25, 0.3) is 0 Å². The van der Waals surface area contributed by atoms with Crippen LogP contribution in [-0.2, 0) is 6.54 Å². The van der Waals surface area contributed by atoms with Gasteiger partial charge in [-0.05, 0) is 19.8 Å². The fourth-order valence-electron chi connectivity index (χ4n) is 1.25. The van der Waals surface area contributed by atoms with Crippen molar-refractivity contribution in [3.05, 3.63) is 18.7 Å². The SMILES string of the molecule is CC(C)C[n+]1ccn(C(C)C)c1.[Br-]. The smallest absolute Gasteiger partial charge is 0.243 e. The maximum atomic E-state index is 2.24. The summed E-state index contributed by atoms with van der Waals surface area (Å²) < 4.78 is 4.47. The predicted octanol–water partition coefficient (Wildman–Crippen LogP) is -0.983. The highest BCUT2D eigenvalue weighted by Crippen LogP contribution is 2.00. The van der Waals surface area contributed by atoms with Crippen molar-refractivity contribution in [2.75, 3.05) is 0 Å². The molecule has 0 aromatic carbocycles. The Balaban J connectivity index is 0.00000144. The number of nitrogens with zero attached hydrogens (tertiary/aromatic N) is 2. The molecule has 0 radical (unpaired) electrons. The zero-order chi connectivity index (χ0) is 9.14. The van der Waals surface area contributed by atoms with Crippen LogP contribution in [0, 0.1) is 5.92 Å². The van der Waals surface area contributed by atoms with Gasteiger partial charge in [0.15, 0.2) is 0 Å². The summed E-state index contributed by atoms with van der Waals surface area (Å²) >= 11 is 0. The minimum atomic E-state index is 0. The van der Waals surface area contributed by atoms with Crippen LogP contribution in [0.2, 0.25) is 0 Å². The summed E-state index contributed by atoms with van der Waals surface area (Å²) in [4.78, 5) is 0. The van der Waals surface area contributed by atoms with E-state index in [1.54, 1.807) is 0 Å². The van der Waals surface area contributed by atoms with E-state index in [0.717, 1.165) is 12.5 Å². The molecule has 0 aliphatic heterocycles. The van der Waals surface area contributed by atoms with E-state index in [-0.39, 0.29) is 17.0 Å². The van der Waals surface area contributed by atoms with E-state index in [0.29, 0.717) is 6.04 Å². The summed E-state index contributed by atoms with van der Waals surface area (Å²) in [7, 11) is 0. The largest absolute Gasteiger partial charge is 1.00 e. The molecule has 0 N–H and O–H groups in total. The minimum Gasteiger partial charge on any atom is -1.00 e. The Bertz CT molecular complexity index is 241. The minimum absolute atomic E-state index is 0. The van der Waals surface area contributed by atoms with Gasteiger partial charge in [-0.1, -0.05) is 13.8 Å². The fourth-order valence-corrected chi connectivity index (χ4v) is 1.25. The second kappa shape index (κ2) is 5.43. The van der Waals surface area contributed by atoms with Crippen molar-refractivity contribution >= 4 is 0 Å². The van der Waals surface area contributed by atoms with Crippen LogP contribution in [0.15, 0.2) is 18.7 Å². The third-order valence-electron chi connectivity index (χ3n) is 1.88. The molecular formula is C10H19BrN2. The van der Waals surface area contributed by atoms with E-state index >= 15 is 0 Å². The van der Waals surface area contributed by atoms with Crippen molar-refractivity contribution in [3.63, 3.8) is 0 Å². The fraction of sp³-hybridized carbons (Fsp3) is 0.700. The number of rotatable bonds is 3. The molecule has 13 heavy (non-hydrogen) atoms. The van der Waals surface area contributed by atoms with Gasteiger partial charge < -0.3 is 17.0 Å². The maximum absolute atomic E-state index is 2.24. The van der Waals surface area contributed by atoms with E-state index in [4.69, 9.17) is 0 Å². The number of halogens is 1. The van der Waals surface area contributed by atoms with E-state index in [2.05, 4.69) is 55.6 Å². The van der Waals surface area contributed by atoms with Crippen LogP contribution in [0.25, 0.3) is 0 Å². The number of imidazole rings is 1. The monoisotopic (exact) mass is 246 g/mol. The molecule has 0 saturated carbocycles. The van der Waals surface area contributed by atoms with Gasteiger partial charge in [0.05, 0.1) is 12.6 Å². The molecule has 0 amide bonds. The summed E-state index contributed by atoms with van der Waals surface area (Å²) in [6.07, 6.45) is 6.44. The Hall–Kier alpha value is -0.310. The predicted molar refractivity (Wildman–Crippen MR) is 49.9 cm³/mol. The molecule has 0 unspecified atom stereocenters. The van der Waals surface area contributed by atoms with Gasteiger partial charge in [0.2, 0.25) is 6.33 Å². The maximum Gasteiger partial charge on any atom is 0.243 e. The Morgan fingerprint density at radius 2 is 1.85 bits per heavy atom. The van der Waals surface area contributed by atoms with Crippen LogP contribution in [0.1, 0.15) is 33.7 Å². The average molecular weight is 247 g/mol. The molecule has 1 heterocycles. The molecule has 0 atom stereocenters. The Morgan fingerprint density at radius 3 is 2.23 bits per heavy atom. The third kappa shape index (κ3) is 3.94. The van der Waals surface area contributed by atoms with Crippen molar-refractivity contribution in [1.29, 1.82) is 0 Å². The molecule has 0 bridgehead atoms. The molecule has 0 saturated heterocycles. The number of aromatic nitrogens is 2. The van der Waals surface area contributed by atoms with Crippen LogP contribution in [0.3, 0.4) is 0 Å².